The lowest BCUT2D eigenvalue weighted by Gasteiger charge is -2.11. The number of imidazole rings is 1. The monoisotopic (exact) mass is 341 g/mol. The summed E-state index contributed by atoms with van der Waals surface area (Å²) < 4.78 is 0. The molecule has 0 aliphatic rings. The van der Waals surface area contributed by atoms with Crippen molar-refractivity contribution < 1.29 is 4.79 Å². The Kier molecular flexibility index (Phi) is 4.01. The van der Waals surface area contributed by atoms with E-state index in [0.717, 1.165) is 39.2 Å². The van der Waals surface area contributed by atoms with Crippen molar-refractivity contribution in [2.45, 2.75) is 13.8 Å². The number of aryl methyl sites for hydroxylation is 2. The molecule has 0 bridgehead atoms. The van der Waals surface area contributed by atoms with Crippen LogP contribution >= 0.6 is 0 Å². The molecule has 0 aliphatic carbocycles. The van der Waals surface area contributed by atoms with Crippen LogP contribution in [0.5, 0.6) is 0 Å². The van der Waals surface area contributed by atoms with Crippen molar-refractivity contribution >= 4 is 22.6 Å². The number of benzene rings is 3. The van der Waals surface area contributed by atoms with Crippen LogP contribution in [-0.4, -0.2) is 15.9 Å². The van der Waals surface area contributed by atoms with E-state index in [9.17, 15) is 4.79 Å². The molecule has 1 amide bonds. The third kappa shape index (κ3) is 2.97. The molecule has 0 saturated carbocycles. The summed E-state index contributed by atoms with van der Waals surface area (Å²) in [6.45, 7) is 3.93. The van der Waals surface area contributed by atoms with Gasteiger partial charge in [-0.25, -0.2) is 4.98 Å². The molecule has 1 aromatic heterocycles. The minimum Gasteiger partial charge on any atom is -0.338 e. The van der Waals surface area contributed by atoms with Gasteiger partial charge in [0.15, 0.2) is 0 Å². The summed E-state index contributed by atoms with van der Waals surface area (Å²) in [5.74, 6) is 0.623. The van der Waals surface area contributed by atoms with Crippen LogP contribution in [0, 0.1) is 13.8 Å². The van der Waals surface area contributed by atoms with E-state index in [2.05, 4.69) is 15.3 Å². The second kappa shape index (κ2) is 6.48. The molecule has 0 unspecified atom stereocenters. The van der Waals surface area contributed by atoms with Crippen LogP contribution < -0.4 is 5.32 Å². The molecule has 0 aliphatic heterocycles. The summed E-state index contributed by atoms with van der Waals surface area (Å²) in [4.78, 5) is 20.8. The third-order valence-electron chi connectivity index (χ3n) is 4.46. The summed E-state index contributed by atoms with van der Waals surface area (Å²) >= 11 is 0. The van der Waals surface area contributed by atoms with Crippen molar-refractivity contribution in [2.24, 2.45) is 0 Å². The zero-order valence-electron chi connectivity index (χ0n) is 14.7. The smallest absolute Gasteiger partial charge is 0.255 e. The number of anilines is 1. The number of nitrogens with zero attached hydrogens (tertiary/aromatic N) is 1. The van der Waals surface area contributed by atoms with Gasteiger partial charge in [0.25, 0.3) is 5.91 Å². The van der Waals surface area contributed by atoms with E-state index in [1.165, 1.54) is 0 Å². The molecule has 1 heterocycles. The maximum Gasteiger partial charge on any atom is 0.255 e. The molecule has 128 valence electrons. The van der Waals surface area contributed by atoms with E-state index in [1.807, 2.05) is 80.6 Å². The van der Waals surface area contributed by atoms with Crippen LogP contribution in [0.25, 0.3) is 22.4 Å². The molecule has 0 fully saturated rings. The van der Waals surface area contributed by atoms with Crippen molar-refractivity contribution in [2.75, 3.05) is 5.32 Å². The van der Waals surface area contributed by atoms with Crippen molar-refractivity contribution in [3.63, 3.8) is 0 Å². The number of aromatic nitrogens is 2. The first-order valence-electron chi connectivity index (χ1n) is 8.54. The highest BCUT2D eigenvalue weighted by Crippen LogP contribution is 2.28. The van der Waals surface area contributed by atoms with Gasteiger partial charge in [0.05, 0.1) is 16.7 Å². The normalized spacial score (nSPS) is 10.8. The van der Waals surface area contributed by atoms with Crippen molar-refractivity contribution in [1.29, 1.82) is 0 Å². The number of amides is 1. The van der Waals surface area contributed by atoms with Crippen LogP contribution in [0.15, 0.2) is 66.7 Å². The van der Waals surface area contributed by atoms with E-state index in [4.69, 9.17) is 0 Å². The Balaban J connectivity index is 1.72. The zero-order chi connectivity index (χ0) is 18.1. The van der Waals surface area contributed by atoms with Gasteiger partial charge in [0, 0.05) is 11.1 Å². The quantitative estimate of drug-likeness (QED) is 0.545. The summed E-state index contributed by atoms with van der Waals surface area (Å²) in [5.41, 5.74) is 6.17. The first kappa shape index (κ1) is 16.1. The standard InChI is InChI=1S/C22H19N3O/c1-14-11-12-15(2)17(13-14)22(26)25-18-8-4-3-7-16(18)21-23-19-9-5-6-10-20(19)24-21/h3-13H,1-2H3,(H,23,24)(H,25,26). The molecule has 0 radical (unpaired) electrons. The highest BCUT2D eigenvalue weighted by molar-refractivity contribution is 6.07. The second-order valence-corrected chi connectivity index (χ2v) is 6.42. The molecule has 2 N–H and O–H groups in total. The number of fused-ring (bicyclic) bond motifs is 1. The lowest BCUT2D eigenvalue weighted by molar-refractivity contribution is 0.102. The van der Waals surface area contributed by atoms with E-state index in [0.29, 0.717) is 5.56 Å². The van der Waals surface area contributed by atoms with Gasteiger partial charge in [0.1, 0.15) is 5.82 Å². The van der Waals surface area contributed by atoms with Crippen LogP contribution in [0.1, 0.15) is 21.5 Å². The maximum absolute atomic E-state index is 12.8. The minimum atomic E-state index is -0.116. The fourth-order valence-corrected chi connectivity index (χ4v) is 3.05. The van der Waals surface area contributed by atoms with Gasteiger partial charge in [-0.15, -0.1) is 0 Å². The minimum absolute atomic E-state index is 0.116. The lowest BCUT2D eigenvalue weighted by Crippen LogP contribution is -2.14. The second-order valence-electron chi connectivity index (χ2n) is 6.42. The number of carbonyl (C=O) groups is 1. The summed E-state index contributed by atoms with van der Waals surface area (Å²) in [6.07, 6.45) is 0. The Hall–Kier alpha value is -3.40. The lowest BCUT2D eigenvalue weighted by atomic mass is 10.0. The van der Waals surface area contributed by atoms with Crippen LogP contribution in [0.2, 0.25) is 0 Å². The molecule has 4 rings (SSSR count). The first-order valence-corrected chi connectivity index (χ1v) is 8.54. The number of para-hydroxylation sites is 3. The van der Waals surface area contributed by atoms with E-state index in [-0.39, 0.29) is 5.91 Å². The van der Waals surface area contributed by atoms with Gasteiger partial charge in [-0.05, 0) is 49.7 Å². The number of carbonyl (C=O) groups excluding carboxylic acids is 1. The number of nitrogens with one attached hydrogen (secondary N) is 2. The first-order chi connectivity index (χ1) is 12.6. The highest BCUT2D eigenvalue weighted by Gasteiger charge is 2.14. The average molecular weight is 341 g/mol. The highest BCUT2D eigenvalue weighted by atomic mass is 16.1. The average Bonchev–Trinajstić information content (AvgIpc) is 3.08. The van der Waals surface area contributed by atoms with Gasteiger partial charge < -0.3 is 10.3 Å². The topological polar surface area (TPSA) is 57.8 Å². The van der Waals surface area contributed by atoms with Crippen LogP contribution in [-0.2, 0) is 0 Å². The van der Waals surface area contributed by atoms with Crippen molar-refractivity contribution in [3.8, 4) is 11.4 Å². The molecular formula is C22H19N3O. The molecule has 0 saturated heterocycles. The number of hydrogen-bond donors (Lipinski definition) is 2. The molecule has 0 atom stereocenters. The predicted molar refractivity (Wildman–Crippen MR) is 105 cm³/mol. The van der Waals surface area contributed by atoms with Gasteiger partial charge in [-0.2, -0.15) is 0 Å². The summed E-state index contributed by atoms with van der Waals surface area (Å²) in [5, 5.41) is 3.04. The molecule has 3 aromatic carbocycles. The number of rotatable bonds is 3. The van der Waals surface area contributed by atoms with Crippen LogP contribution in [0.3, 0.4) is 0 Å². The molecule has 4 nitrogen and oxygen atoms in total. The van der Waals surface area contributed by atoms with Crippen molar-refractivity contribution in [3.05, 3.63) is 83.4 Å². The van der Waals surface area contributed by atoms with Crippen LogP contribution in [0.4, 0.5) is 5.69 Å². The van der Waals surface area contributed by atoms with E-state index in [1.54, 1.807) is 0 Å². The van der Waals surface area contributed by atoms with Gasteiger partial charge in [-0.3, -0.25) is 4.79 Å². The van der Waals surface area contributed by atoms with E-state index >= 15 is 0 Å². The third-order valence-corrected chi connectivity index (χ3v) is 4.46. The largest absolute Gasteiger partial charge is 0.338 e. The fraction of sp³-hybridized carbons (Fsp3) is 0.0909. The molecule has 4 heteroatoms. The fourth-order valence-electron chi connectivity index (χ4n) is 3.05. The SMILES string of the molecule is Cc1ccc(C)c(C(=O)Nc2ccccc2-c2nc3ccccc3[nH]2)c1. The Morgan fingerprint density at radius 1 is 0.962 bits per heavy atom. The summed E-state index contributed by atoms with van der Waals surface area (Å²) in [7, 11) is 0. The Morgan fingerprint density at radius 3 is 2.58 bits per heavy atom. The van der Waals surface area contributed by atoms with Gasteiger partial charge in [-0.1, -0.05) is 42.0 Å². The zero-order valence-corrected chi connectivity index (χ0v) is 14.7. The Morgan fingerprint density at radius 2 is 1.73 bits per heavy atom. The van der Waals surface area contributed by atoms with Gasteiger partial charge >= 0.3 is 0 Å². The van der Waals surface area contributed by atoms with E-state index < -0.39 is 0 Å². The molecule has 4 aromatic rings. The maximum atomic E-state index is 12.8. The Bertz CT molecular complexity index is 1080. The van der Waals surface area contributed by atoms with Gasteiger partial charge in [0.2, 0.25) is 0 Å². The molecule has 26 heavy (non-hydrogen) atoms. The molecule has 0 spiro atoms. The predicted octanol–water partition coefficient (Wildman–Crippen LogP) is 5.10. The van der Waals surface area contributed by atoms with Crippen molar-refractivity contribution in [1.82, 2.24) is 9.97 Å². The number of hydrogen-bond acceptors (Lipinski definition) is 2. The Labute approximate surface area is 151 Å². The number of H-pyrrole nitrogens is 1. The molecular weight excluding hydrogens is 322 g/mol. The summed E-state index contributed by atoms with van der Waals surface area (Å²) in [6, 6.07) is 21.5. The number of aromatic amines is 1.